The number of aliphatic carboxylic acids is 1. The van der Waals surface area contributed by atoms with Crippen LogP contribution in [0.1, 0.15) is 26.7 Å². The van der Waals surface area contributed by atoms with Crippen molar-refractivity contribution in [2.45, 2.75) is 32.7 Å². The molecule has 6 nitrogen and oxygen atoms in total. The average Bonchev–Trinajstić information content (AvgIpc) is 2.30. The molecular formula is C11H16N2O4. The van der Waals surface area contributed by atoms with Gasteiger partial charge in [-0.25, -0.2) is 4.79 Å². The molecular weight excluding hydrogens is 224 g/mol. The highest BCUT2D eigenvalue weighted by Gasteiger charge is 2.21. The van der Waals surface area contributed by atoms with E-state index in [-0.39, 0.29) is 23.1 Å². The number of carboxylic acids is 1. The molecule has 0 spiro atoms. The Morgan fingerprint density at radius 3 is 2.47 bits per heavy atom. The molecule has 2 amide bonds. The number of carboxylic acid groups (broad SMARTS) is 1. The Bertz CT molecular complexity index is 377. The number of carbonyl (C=O) groups is 3. The van der Waals surface area contributed by atoms with Crippen molar-refractivity contribution < 1.29 is 19.5 Å². The minimum atomic E-state index is -1.10. The first-order valence-electron chi connectivity index (χ1n) is 5.40. The van der Waals surface area contributed by atoms with Crippen molar-refractivity contribution in [1.29, 1.82) is 0 Å². The van der Waals surface area contributed by atoms with Crippen molar-refractivity contribution in [1.82, 2.24) is 10.6 Å². The average molecular weight is 240 g/mol. The van der Waals surface area contributed by atoms with Crippen LogP contribution >= 0.6 is 0 Å². The third-order valence-corrected chi connectivity index (χ3v) is 2.82. The summed E-state index contributed by atoms with van der Waals surface area (Å²) in [4.78, 5) is 33.3. The van der Waals surface area contributed by atoms with Gasteiger partial charge in [0.15, 0.2) is 0 Å². The van der Waals surface area contributed by atoms with Crippen molar-refractivity contribution in [3.63, 3.8) is 0 Å². The molecule has 17 heavy (non-hydrogen) atoms. The molecule has 1 heterocycles. The molecule has 6 heteroatoms. The van der Waals surface area contributed by atoms with Gasteiger partial charge in [-0.3, -0.25) is 9.59 Å². The zero-order chi connectivity index (χ0) is 13.0. The van der Waals surface area contributed by atoms with E-state index >= 15 is 0 Å². The van der Waals surface area contributed by atoms with Gasteiger partial charge in [-0.05, 0) is 20.3 Å². The number of carbonyl (C=O) groups excluding carboxylic acids is 2. The SMILES string of the molecule is CC(C(=O)O)=C(C)C(=O)NC1CCC(=O)NC1. The molecule has 3 N–H and O–H groups in total. The minimum absolute atomic E-state index is 0.0236. The highest BCUT2D eigenvalue weighted by Crippen LogP contribution is 2.07. The van der Waals surface area contributed by atoms with Crippen molar-refractivity contribution >= 4 is 17.8 Å². The third kappa shape index (κ3) is 3.58. The van der Waals surface area contributed by atoms with E-state index in [1.165, 1.54) is 13.8 Å². The number of amides is 2. The van der Waals surface area contributed by atoms with Crippen LogP contribution in [0, 0.1) is 0 Å². The summed E-state index contributed by atoms with van der Waals surface area (Å²) >= 11 is 0. The molecule has 94 valence electrons. The Kier molecular flexibility index (Phi) is 4.25. The molecule has 1 aliphatic heterocycles. The van der Waals surface area contributed by atoms with E-state index in [0.29, 0.717) is 19.4 Å². The van der Waals surface area contributed by atoms with E-state index in [9.17, 15) is 14.4 Å². The van der Waals surface area contributed by atoms with Crippen LogP contribution in [-0.4, -0.2) is 35.5 Å². The summed E-state index contributed by atoms with van der Waals surface area (Å²) in [5, 5.41) is 14.1. The van der Waals surface area contributed by atoms with Crippen LogP contribution in [0.3, 0.4) is 0 Å². The van der Waals surface area contributed by atoms with Crippen molar-refractivity contribution in [3.05, 3.63) is 11.1 Å². The van der Waals surface area contributed by atoms with Crippen LogP contribution < -0.4 is 10.6 Å². The molecule has 1 fully saturated rings. The Balaban J connectivity index is 2.58. The fourth-order valence-electron chi connectivity index (χ4n) is 1.48. The van der Waals surface area contributed by atoms with Gasteiger partial charge in [0.05, 0.1) is 0 Å². The summed E-state index contributed by atoms with van der Waals surface area (Å²) in [6.45, 7) is 3.25. The first-order chi connectivity index (χ1) is 7.91. The monoisotopic (exact) mass is 240 g/mol. The van der Waals surface area contributed by atoms with E-state index in [1.807, 2.05) is 0 Å². The Morgan fingerprint density at radius 1 is 1.35 bits per heavy atom. The highest BCUT2D eigenvalue weighted by atomic mass is 16.4. The quantitative estimate of drug-likeness (QED) is 0.595. The standard InChI is InChI=1S/C11H16N2O4/c1-6(7(2)11(16)17)10(15)13-8-3-4-9(14)12-5-8/h8H,3-5H2,1-2H3,(H,12,14)(H,13,15)(H,16,17). The number of piperidine rings is 1. The van der Waals surface area contributed by atoms with Crippen LogP contribution in [0.4, 0.5) is 0 Å². The molecule has 1 rings (SSSR count). The molecule has 0 aromatic rings. The fourth-order valence-corrected chi connectivity index (χ4v) is 1.48. The lowest BCUT2D eigenvalue weighted by Crippen LogP contribution is -2.48. The first-order valence-corrected chi connectivity index (χ1v) is 5.40. The van der Waals surface area contributed by atoms with Crippen LogP contribution in [0.25, 0.3) is 0 Å². The molecule has 0 aromatic carbocycles. The van der Waals surface area contributed by atoms with Crippen LogP contribution in [0.15, 0.2) is 11.1 Å². The topological polar surface area (TPSA) is 95.5 Å². The highest BCUT2D eigenvalue weighted by molar-refractivity contribution is 6.01. The van der Waals surface area contributed by atoms with E-state index in [2.05, 4.69) is 10.6 Å². The zero-order valence-corrected chi connectivity index (χ0v) is 9.87. The van der Waals surface area contributed by atoms with Gasteiger partial charge in [0, 0.05) is 30.2 Å². The van der Waals surface area contributed by atoms with Gasteiger partial charge in [-0.2, -0.15) is 0 Å². The van der Waals surface area contributed by atoms with Crippen molar-refractivity contribution in [2.24, 2.45) is 0 Å². The molecule has 0 saturated carbocycles. The molecule has 1 unspecified atom stereocenters. The molecule has 0 bridgehead atoms. The predicted molar refractivity (Wildman–Crippen MR) is 60.2 cm³/mol. The smallest absolute Gasteiger partial charge is 0.331 e. The number of nitrogens with one attached hydrogen (secondary N) is 2. The Labute approximate surface area is 99.1 Å². The second kappa shape index (κ2) is 5.47. The normalized spacial score (nSPS) is 21.3. The number of rotatable bonds is 3. The van der Waals surface area contributed by atoms with E-state index in [1.54, 1.807) is 0 Å². The lowest BCUT2D eigenvalue weighted by Gasteiger charge is -2.23. The Morgan fingerprint density at radius 2 is 2.00 bits per heavy atom. The second-order valence-corrected chi connectivity index (χ2v) is 4.07. The van der Waals surface area contributed by atoms with Gasteiger partial charge in [0.1, 0.15) is 0 Å². The van der Waals surface area contributed by atoms with Gasteiger partial charge in [0.25, 0.3) is 0 Å². The summed E-state index contributed by atoms with van der Waals surface area (Å²) in [5.41, 5.74) is 0.219. The molecule has 0 aliphatic carbocycles. The molecule has 1 saturated heterocycles. The van der Waals surface area contributed by atoms with Crippen LogP contribution in [-0.2, 0) is 14.4 Å². The molecule has 1 atom stereocenters. The zero-order valence-electron chi connectivity index (χ0n) is 9.87. The van der Waals surface area contributed by atoms with Gasteiger partial charge in [-0.15, -0.1) is 0 Å². The fraction of sp³-hybridized carbons (Fsp3) is 0.545. The van der Waals surface area contributed by atoms with E-state index in [4.69, 9.17) is 5.11 Å². The third-order valence-electron chi connectivity index (χ3n) is 2.82. The van der Waals surface area contributed by atoms with Crippen molar-refractivity contribution in [3.8, 4) is 0 Å². The maximum absolute atomic E-state index is 11.7. The van der Waals surface area contributed by atoms with Gasteiger partial charge < -0.3 is 15.7 Å². The van der Waals surface area contributed by atoms with Gasteiger partial charge in [-0.1, -0.05) is 0 Å². The number of hydrogen-bond acceptors (Lipinski definition) is 3. The largest absolute Gasteiger partial charge is 0.478 e. The first kappa shape index (κ1) is 13.2. The molecule has 0 radical (unpaired) electrons. The van der Waals surface area contributed by atoms with Crippen molar-refractivity contribution in [2.75, 3.05) is 6.54 Å². The summed E-state index contributed by atoms with van der Waals surface area (Å²) in [6.07, 6.45) is 0.961. The van der Waals surface area contributed by atoms with Crippen LogP contribution in [0.5, 0.6) is 0 Å². The Hall–Kier alpha value is -1.85. The van der Waals surface area contributed by atoms with Gasteiger partial charge >= 0.3 is 5.97 Å². The molecule has 0 aromatic heterocycles. The lowest BCUT2D eigenvalue weighted by atomic mass is 10.1. The number of hydrogen-bond donors (Lipinski definition) is 3. The van der Waals surface area contributed by atoms with E-state index in [0.717, 1.165) is 0 Å². The summed E-state index contributed by atoms with van der Waals surface area (Å²) in [5.74, 6) is -1.52. The lowest BCUT2D eigenvalue weighted by molar-refractivity contribution is -0.133. The predicted octanol–water partition coefficient (Wildman–Crippen LogP) is -0.198. The van der Waals surface area contributed by atoms with Crippen LogP contribution in [0.2, 0.25) is 0 Å². The van der Waals surface area contributed by atoms with E-state index < -0.39 is 11.9 Å². The second-order valence-electron chi connectivity index (χ2n) is 4.07. The summed E-state index contributed by atoms with van der Waals surface area (Å²) in [6, 6.07) is -0.128. The maximum Gasteiger partial charge on any atom is 0.331 e. The summed E-state index contributed by atoms with van der Waals surface area (Å²) in [7, 11) is 0. The van der Waals surface area contributed by atoms with Gasteiger partial charge in [0.2, 0.25) is 11.8 Å². The molecule has 1 aliphatic rings. The summed E-state index contributed by atoms with van der Waals surface area (Å²) < 4.78 is 0. The maximum atomic E-state index is 11.7. The minimum Gasteiger partial charge on any atom is -0.478 e.